The Morgan fingerprint density at radius 2 is 1.88 bits per heavy atom. The van der Waals surface area contributed by atoms with E-state index in [1.54, 1.807) is 21.5 Å². The van der Waals surface area contributed by atoms with Crippen molar-refractivity contribution in [2.75, 3.05) is 4.90 Å². The molecule has 6 nitrogen and oxygen atoms in total. The van der Waals surface area contributed by atoms with E-state index in [1.807, 2.05) is 33.8 Å². The van der Waals surface area contributed by atoms with Crippen molar-refractivity contribution in [3.05, 3.63) is 53.4 Å². The van der Waals surface area contributed by atoms with Crippen LogP contribution in [-0.2, 0) is 11.3 Å². The topological polar surface area (TPSA) is 63.4 Å². The van der Waals surface area contributed by atoms with E-state index in [-0.39, 0.29) is 24.2 Å². The molecular formula is C18H20FN5O. The average molecular weight is 341 g/mol. The Bertz CT molecular complexity index is 917. The quantitative estimate of drug-likeness (QED) is 0.732. The zero-order chi connectivity index (χ0) is 18.1. The molecule has 0 atom stereocenters. The lowest BCUT2D eigenvalue weighted by Crippen LogP contribution is -2.34. The smallest absolute Gasteiger partial charge is 0.252 e. The second kappa shape index (κ2) is 6.58. The minimum atomic E-state index is -0.346. The molecule has 0 N–H and O–H groups in total. The van der Waals surface area contributed by atoms with Crippen LogP contribution < -0.4 is 4.90 Å². The van der Waals surface area contributed by atoms with Crippen molar-refractivity contribution in [1.29, 1.82) is 0 Å². The molecule has 2 heterocycles. The van der Waals surface area contributed by atoms with Gasteiger partial charge in [-0.25, -0.2) is 13.9 Å². The number of carbonyl (C=O) groups is 1. The summed E-state index contributed by atoms with van der Waals surface area (Å²) in [5.41, 5.74) is 2.39. The van der Waals surface area contributed by atoms with Crippen molar-refractivity contribution in [1.82, 2.24) is 19.6 Å². The molecule has 3 rings (SSSR count). The van der Waals surface area contributed by atoms with Gasteiger partial charge in [0.05, 0.1) is 6.54 Å². The number of benzene rings is 1. The molecule has 0 saturated heterocycles. The van der Waals surface area contributed by atoms with Crippen LogP contribution >= 0.6 is 0 Å². The summed E-state index contributed by atoms with van der Waals surface area (Å²) in [7, 11) is 0. The lowest BCUT2D eigenvalue weighted by molar-refractivity contribution is -0.121. The van der Waals surface area contributed by atoms with E-state index in [1.165, 1.54) is 12.1 Å². The molecule has 130 valence electrons. The van der Waals surface area contributed by atoms with Crippen LogP contribution in [0.4, 0.5) is 10.1 Å². The minimum Gasteiger partial charge on any atom is -0.304 e. The third-order valence-electron chi connectivity index (χ3n) is 3.86. The molecule has 0 spiro atoms. The van der Waals surface area contributed by atoms with Crippen LogP contribution in [-0.4, -0.2) is 25.5 Å². The molecule has 7 heteroatoms. The van der Waals surface area contributed by atoms with E-state index in [0.29, 0.717) is 17.3 Å². The van der Waals surface area contributed by atoms with E-state index >= 15 is 0 Å². The highest BCUT2D eigenvalue weighted by molar-refractivity contribution is 5.94. The number of hydrogen-bond acceptors (Lipinski definition) is 4. The summed E-state index contributed by atoms with van der Waals surface area (Å²) in [6, 6.07) is 7.75. The second-order valence-electron chi connectivity index (χ2n) is 6.33. The molecule has 0 unspecified atom stereocenters. The minimum absolute atomic E-state index is 0.0775. The van der Waals surface area contributed by atoms with E-state index in [9.17, 15) is 9.18 Å². The monoisotopic (exact) mass is 341 g/mol. The van der Waals surface area contributed by atoms with E-state index in [2.05, 4.69) is 15.1 Å². The van der Waals surface area contributed by atoms with Gasteiger partial charge in [-0.15, -0.1) is 5.10 Å². The molecule has 0 fully saturated rings. The van der Waals surface area contributed by atoms with Crippen molar-refractivity contribution < 1.29 is 9.18 Å². The predicted molar refractivity (Wildman–Crippen MR) is 92.7 cm³/mol. The van der Waals surface area contributed by atoms with Crippen molar-refractivity contribution in [3.8, 4) is 0 Å². The van der Waals surface area contributed by atoms with Gasteiger partial charge in [0.2, 0.25) is 5.91 Å². The normalized spacial score (nSPS) is 11.3. The SMILES string of the molecule is Cc1cc(C)n2nc(CN(C(=O)C(C)C)c3ccc(F)cc3)nc2n1. The first-order valence-corrected chi connectivity index (χ1v) is 8.12. The van der Waals surface area contributed by atoms with Gasteiger partial charge < -0.3 is 4.90 Å². The van der Waals surface area contributed by atoms with Crippen LogP contribution in [0.15, 0.2) is 30.3 Å². The van der Waals surface area contributed by atoms with Crippen LogP contribution in [0.3, 0.4) is 0 Å². The predicted octanol–water partition coefficient (Wildman–Crippen LogP) is 3.07. The number of halogens is 1. The number of hydrogen-bond donors (Lipinski definition) is 0. The largest absolute Gasteiger partial charge is 0.304 e. The highest BCUT2D eigenvalue weighted by Gasteiger charge is 2.21. The summed E-state index contributed by atoms with van der Waals surface area (Å²) in [5, 5.41) is 4.45. The van der Waals surface area contributed by atoms with Crippen molar-refractivity contribution in [2.45, 2.75) is 34.2 Å². The van der Waals surface area contributed by atoms with Crippen LogP contribution in [0.25, 0.3) is 5.78 Å². The number of amides is 1. The Morgan fingerprint density at radius 3 is 2.52 bits per heavy atom. The molecule has 3 aromatic rings. The van der Waals surface area contributed by atoms with Crippen LogP contribution in [0.2, 0.25) is 0 Å². The van der Waals surface area contributed by atoms with Gasteiger partial charge in [0, 0.05) is 23.0 Å². The number of aryl methyl sites for hydroxylation is 2. The van der Waals surface area contributed by atoms with E-state index < -0.39 is 0 Å². The number of rotatable bonds is 4. The van der Waals surface area contributed by atoms with Crippen molar-refractivity contribution in [3.63, 3.8) is 0 Å². The van der Waals surface area contributed by atoms with Gasteiger partial charge in [-0.2, -0.15) is 4.98 Å². The lowest BCUT2D eigenvalue weighted by atomic mass is 10.1. The Hall–Kier alpha value is -2.83. The molecule has 2 aromatic heterocycles. The van der Waals surface area contributed by atoms with Crippen molar-refractivity contribution >= 4 is 17.4 Å². The van der Waals surface area contributed by atoms with Crippen LogP contribution in [0.5, 0.6) is 0 Å². The third kappa shape index (κ3) is 3.50. The zero-order valence-corrected chi connectivity index (χ0v) is 14.7. The average Bonchev–Trinajstić information content (AvgIpc) is 2.95. The lowest BCUT2D eigenvalue weighted by Gasteiger charge is -2.23. The molecule has 0 saturated carbocycles. The molecule has 0 aliphatic heterocycles. The Morgan fingerprint density at radius 1 is 1.20 bits per heavy atom. The van der Waals surface area contributed by atoms with Gasteiger partial charge in [-0.05, 0) is 44.2 Å². The fraction of sp³-hybridized carbons (Fsp3) is 0.333. The highest BCUT2D eigenvalue weighted by Crippen LogP contribution is 2.20. The zero-order valence-electron chi connectivity index (χ0n) is 14.7. The van der Waals surface area contributed by atoms with Gasteiger partial charge >= 0.3 is 0 Å². The van der Waals surface area contributed by atoms with E-state index in [0.717, 1.165) is 11.4 Å². The van der Waals surface area contributed by atoms with Crippen LogP contribution in [0, 0.1) is 25.6 Å². The Balaban J connectivity index is 1.99. The van der Waals surface area contributed by atoms with Gasteiger partial charge in [-0.3, -0.25) is 4.79 Å². The first-order valence-electron chi connectivity index (χ1n) is 8.12. The number of nitrogens with zero attached hydrogens (tertiary/aromatic N) is 5. The van der Waals surface area contributed by atoms with Gasteiger partial charge in [0.25, 0.3) is 5.78 Å². The maximum absolute atomic E-state index is 13.2. The van der Waals surface area contributed by atoms with Crippen molar-refractivity contribution in [2.24, 2.45) is 5.92 Å². The molecule has 25 heavy (non-hydrogen) atoms. The fourth-order valence-electron chi connectivity index (χ4n) is 2.65. The summed E-state index contributed by atoms with van der Waals surface area (Å²) in [6.45, 7) is 7.67. The summed E-state index contributed by atoms with van der Waals surface area (Å²) in [5.74, 6) is 0.362. The number of anilines is 1. The summed E-state index contributed by atoms with van der Waals surface area (Å²) in [6.07, 6.45) is 0. The molecular weight excluding hydrogens is 321 g/mol. The first-order chi connectivity index (χ1) is 11.8. The number of fused-ring (bicyclic) bond motifs is 1. The molecule has 0 aliphatic rings. The van der Waals surface area contributed by atoms with Gasteiger partial charge in [-0.1, -0.05) is 13.8 Å². The van der Waals surface area contributed by atoms with Crippen LogP contribution in [0.1, 0.15) is 31.1 Å². The standard InChI is InChI=1S/C18H20FN5O/c1-11(2)17(25)23(15-7-5-14(19)6-8-15)10-16-21-18-20-12(3)9-13(4)24(18)22-16/h5-9,11H,10H2,1-4H3. The molecule has 1 amide bonds. The van der Waals surface area contributed by atoms with E-state index in [4.69, 9.17) is 0 Å². The summed E-state index contributed by atoms with van der Waals surface area (Å²) < 4.78 is 14.9. The van der Waals surface area contributed by atoms with Gasteiger partial charge in [0.1, 0.15) is 5.82 Å². The third-order valence-corrected chi connectivity index (χ3v) is 3.86. The molecule has 1 aromatic carbocycles. The second-order valence-corrected chi connectivity index (χ2v) is 6.33. The first kappa shape index (κ1) is 17.0. The maximum atomic E-state index is 13.2. The fourth-order valence-corrected chi connectivity index (χ4v) is 2.65. The molecule has 0 radical (unpaired) electrons. The molecule has 0 bridgehead atoms. The summed E-state index contributed by atoms with van der Waals surface area (Å²) >= 11 is 0. The maximum Gasteiger partial charge on any atom is 0.252 e. The highest BCUT2D eigenvalue weighted by atomic mass is 19.1. The molecule has 0 aliphatic carbocycles. The Kier molecular flexibility index (Phi) is 4.48. The van der Waals surface area contributed by atoms with Gasteiger partial charge in [0.15, 0.2) is 5.82 Å². The number of aromatic nitrogens is 4. The summed E-state index contributed by atoms with van der Waals surface area (Å²) in [4.78, 5) is 23.0. The Labute approximate surface area is 145 Å². The number of carbonyl (C=O) groups excluding carboxylic acids is 1.